The van der Waals surface area contributed by atoms with Crippen LogP contribution in [0.4, 0.5) is 8.78 Å². The van der Waals surface area contributed by atoms with Gasteiger partial charge in [-0.15, -0.1) is 11.3 Å². The molecule has 0 fully saturated rings. The number of thiazole rings is 1. The van der Waals surface area contributed by atoms with Crippen molar-refractivity contribution in [3.05, 3.63) is 51.5 Å². The van der Waals surface area contributed by atoms with E-state index in [1.807, 2.05) is 19.2 Å². The molecule has 0 amide bonds. The Morgan fingerprint density at radius 2 is 1.95 bits per heavy atom. The first kappa shape index (κ1) is 14.1. The number of halogens is 2. The van der Waals surface area contributed by atoms with E-state index in [1.165, 1.54) is 12.1 Å². The summed E-state index contributed by atoms with van der Waals surface area (Å²) in [7, 11) is 0. The molecule has 0 saturated carbocycles. The van der Waals surface area contributed by atoms with E-state index >= 15 is 0 Å². The maximum absolute atomic E-state index is 13.2. The smallest absolute Gasteiger partial charge is 0.126 e. The monoisotopic (exact) mass is 282 g/mol. The van der Waals surface area contributed by atoms with Crippen molar-refractivity contribution in [1.29, 1.82) is 0 Å². The lowest BCUT2D eigenvalue weighted by molar-refractivity contribution is 0.530. The molecule has 5 heteroatoms. The summed E-state index contributed by atoms with van der Waals surface area (Å²) in [5, 5.41) is 6.27. The van der Waals surface area contributed by atoms with Crippen LogP contribution in [0.2, 0.25) is 0 Å². The molecule has 1 aromatic carbocycles. The van der Waals surface area contributed by atoms with E-state index in [9.17, 15) is 8.78 Å². The van der Waals surface area contributed by atoms with Crippen molar-refractivity contribution in [3.8, 4) is 0 Å². The zero-order valence-electron chi connectivity index (χ0n) is 10.9. The molecule has 2 aromatic rings. The summed E-state index contributed by atoms with van der Waals surface area (Å²) < 4.78 is 26.4. The summed E-state index contributed by atoms with van der Waals surface area (Å²) >= 11 is 1.58. The molecule has 0 spiro atoms. The van der Waals surface area contributed by atoms with E-state index in [4.69, 9.17) is 0 Å². The van der Waals surface area contributed by atoms with Crippen LogP contribution in [0.15, 0.2) is 23.6 Å². The summed E-state index contributed by atoms with van der Waals surface area (Å²) in [5.41, 5.74) is 1.56. The Balaban J connectivity index is 2.20. The molecule has 1 unspecified atom stereocenters. The second-order valence-corrected chi connectivity index (χ2v) is 5.45. The zero-order valence-corrected chi connectivity index (χ0v) is 11.7. The lowest BCUT2D eigenvalue weighted by atomic mass is 10.0. The quantitative estimate of drug-likeness (QED) is 0.906. The average Bonchev–Trinajstić information content (AvgIpc) is 2.74. The second kappa shape index (κ2) is 6.21. The van der Waals surface area contributed by atoms with Gasteiger partial charge in [0.15, 0.2) is 0 Å². The van der Waals surface area contributed by atoms with Crippen LogP contribution in [0.5, 0.6) is 0 Å². The number of aryl methyl sites for hydroxylation is 1. The van der Waals surface area contributed by atoms with Gasteiger partial charge in [-0.1, -0.05) is 6.92 Å². The van der Waals surface area contributed by atoms with Crippen LogP contribution >= 0.6 is 11.3 Å². The van der Waals surface area contributed by atoms with Gasteiger partial charge >= 0.3 is 0 Å². The summed E-state index contributed by atoms with van der Waals surface area (Å²) in [6, 6.07) is 3.61. The van der Waals surface area contributed by atoms with E-state index in [1.54, 1.807) is 11.3 Å². The largest absolute Gasteiger partial charge is 0.309 e. The summed E-state index contributed by atoms with van der Waals surface area (Å²) in [5.74, 6) is -1.08. The molecule has 0 aliphatic carbocycles. The normalized spacial score (nSPS) is 12.6. The number of rotatable bonds is 5. The molecule has 0 bridgehead atoms. The van der Waals surface area contributed by atoms with E-state index in [0.29, 0.717) is 12.0 Å². The van der Waals surface area contributed by atoms with E-state index in [-0.39, 0.29) is 6.04 Å². The minimum Gasteiger partial charge on any atom is -0.309 e. The molecule has 0 aliphatic rings. The number of nitrogens with one attached hydrogen (secondary N) is 1. The van der Waals surface area contributed by atoms with Gasteiger partial charge in [0.2, 0.25) is 0 Å². The van der Waals surface area contributed by atoms with Crippen LogP contribution in [0.1, 0.15) is 29.2 Å². The molecule has 19 heavy (non-hydrogen) atoms. The molecule has 2 rings (SSSR count). The fourth-order valence-corrected chi connectivity index (χ4v) is 2.70. The summed E-state index contributed by atoms with van der Waals surface area (Å²) in [6.45, 7) is 4.72. The van der Waals surface area contributed by atoms with Crippen LogP contribution in [-0.2, 0) is 6.42 Å². The van der Waals surface area contributed by atoms with Gasteiger partial charge in [-0.25, -0.2) is 13.8 Å². The number of aromatic nitrogens is 1. The van der Waals surface area contributed by atoms with Gasteiger partial charge in [0.25, 0.3) is 0 Å². The molecule has 1 heterocycles. The third-order valence-electron chi connectivity index (χ3n) is 2.81. The molecule has 1 atom stereocenters. The predicted octanol–water partition coefficient (Wildman–Crippen LogP) is 3.62. The Bertz CT molecular complexity index is 534. The Morgan fingerprint density at radius 3 is 2.47 bits per heavy atom. The number of hydrogen-bond acceptors (Lipinski definition) is 3. The Hall–Kier alpha value is -1.33. The van der Waals surface area contributed by atoms with E-state index < -0.39 is 11.6 Å². The van der Waals surface area contributed by atoms with Gasteiger partial charge in [-0.3, -0.25) is 0 Å². The van der Waals surface area contributed by atoms with Crippen LogP contribution in [-0.4, -0.2) is 11.5 Å². The maximum atomic E-state index is 13.2. The molecule has 1 N–H and O–H groups in total. The first-order valence-corrected chi connectivity index (χ1v) is 7.07. The van der Waals surface area contributed by atoms with Gasteiger partial charge in [0.05, 0.1) is 16.7 Å². The van der Waals surface area contributed by atoms with Gasteiger partial charge < -0.3 is 5.32 Å². The predicted molar refractivity (Wildman–Crippen MR) is 73.3 cm³/mol. The van der Waals surface area contributed by atoms with E-state index in [0.717, 1.165) is 23.3 Å². The Morgan fingerprint density at radius 1 is 1.26 bits per heavy atom. The van der Waals surface area contributed by atoms with Crippen molar-refractivity contribution in [2.45, 2.75) is 26.3 Å². The fourth-order valence-electron chi connectivity index (χ4n) is 2.03. The van der Waals surface area contributed by atoms with Crippen LogP contribution in [0.25, 0.3) is 0 Å². The zero-order chi connectivity index (χ0) is 13.8. The van der Waals surface area contributed by atoms with Crippen molar-refractivity contribution in [1.82, 2.24) is 10.3 Å². The van der Waals surface area contributed by atoms with Crippen molar-refractivity contribution >= 4 is 11.3 Å². The first-order valence-electron chi connectivity index (χ1n) is 6.19. The Labute approximate surface area is 115 Å². The van der Waals surface area contributed by atoms with Gasteiger partial charge in [-0.2, -0.15) is 0 Å². The number of nitrogens with zero attached hydrogens (tertiary/aromatic N) is 1. The van der Waals surface area contributed by atoms with Gasteiger partial charge in [-0.05, 0) is 37.6 Å². The van der Waals surface area contributed by atoms with Crippen molar-refractivity contribution < 1.29 is 8.78 Å². The number of likely N-dealkylation sites (N-methyl/N-ethyl adjacent to an activating group) is 1. The average molecular weight is 282 g/mol. The van der Waals surface area contributed by atoms with Crippen LogP contribution in [0.3, 0.4) is 0 Å². The molecule has 1 aromatic heterocycles. The topological polar surface area (TPSA) is 24.9 Å². The molecule has 102 valence electrons. The van der Waals surface area contributed by atoms with Crippen LogP contribution < -0.4 is 5.32 Å². The minimum atomic E-state index is -0.542. The molecule has 0 saturated heterocycles. The number of hydrogen-bond donors (Lipinski definition) is 1. The maximum Gasteiger partial charge on any atom is 0.126 e. The first-order chi connectivity index (χ1) is 9.08. The van der Waals surface area contributed by atoms with Crippen LogP contribution in [0, 0.1) is 18.6 Å². The number of benzene rings is 1. The fraction of sp³-hybridized carbons (Fsp3) is 0.357. The van der Waals surface area contributed by atoms with Gasteiger partial charge in [0, 0.05) is 11.4 Å². The molecular weight excluding hydrogens is 266 g/mol. The van der Waals surface area contributed by atoms with Gasteiger partial charge in [0.1, 0.15) is 11.6 Å². The highest BCUT2D eigenvalue weighted by Crippen LogP contribution is 2.21. The lowest BCUT2D eigenvalue weighted by Gasteiger charge is -2.16. The second-order valence-electron chi connectivity index (χ2n) is 4.38. The molecule has 0 aliphatic heterocycles. The Kier molecular flexibility index (Phi) is 4.61. The van der Waals surface area contributed by atoms with Crippen molar-refractivity contribution in [2.75, 3.05) is 6.54 Å². The summed E-state index contributed by atoms with van der Waals surface area (Å²) in [6.07, 6.45) is 0.520. The highest BCUT2D eigenvalue weighted by molar-refractivity contribution is 7.09. The molecular formula is C14H16F2N2S. The SMILES string of the molecule is CCNC(Cc1cc(F)cc(F)c1)c1csc(C)n1. The highest BCUT2D eigenvalue weighted by Gasteiger charge is 2.15. The summed E-state index contributed by atoms with van der Waals surface area (Å²) in [4.78, 5) is 4.44. The standard InChI is InChI=1S/C14H16F2N2S/c1-3-17-13(14-8-19-9(2)18-14)6-10-4-11(15)7-12(16)5-10/h4-5,7-8,13,17H,3,6H2,1-2H3. The highest BCUT2D eigenvalue weighted by atomic mass is 32.1. The van der Waals surface area contributed by atoms with Crippen molar-refractivity contribution in [3.63, 3.8) is 0 Å². The third-order valence-corrected chi connectivity index (χ3v) is 3.60. The lowest BCUT2D eigenvalue weighted by Crippen LogP contribution is -2.23. The van der Waals surface area contributed by atoms with E-state index in [2.05, 4.69) is 10.3 Å². The minimum absolute atomic E-state index is 0.0175. The molecule has 0 radical (unpaired) electrons. The third kappa shape index (κ3) is 3.81. The molecule has 2 nitrogen and oxygen atoms in total. The van der Waals surface area contributed by atoms with Crippen molar-refractivity contribution in [2.24, 2.45) is 0 Å².